The minimum atomic E-state index is 0.0567. The second kappa shape index (κ2) is 2.19. The van der Waals surface area contributed by atoms with Crippen molar-refractivity contribution >= 4 is 0 Å². The van der Waals surface area contributed by atoms with Crippen molar-refractivity contribution in [1.82, 2.24) is 10.6 Å². The van der Waals surface area contributed by atoms with Crippen LogP contribution in [-0.4, -0.2) is 31.7 Å². The summed E-state index contributed by atoms with van der Waals surface area (Å²) in [5.41, 5.74) is 6.13. The molecule has 2 bridgehead atoms. The van der Waals surface area contributed by atoms with E-state index in [1.165, 1.54) is 6.42 Å². The van der Waals surface area contributed by atoms with E-state index in [4.69, 9.17) is 5.73 Å². The second-order valence-corrected chi connectivity index (χ2v) is 3.69. The molecule has 0 spiro atoms. The van der Waals surface area contributed by atoms with Crippen LogP contribution in [-0.2, 0) is 0 Å². The predicted octanol–water partition coefficient (Wildman–Crippen LogP) is -1.10. The van der Waals surface area contributed by atoms with E-state index in [-0.39, 0.29) is 5.54 Å². The monoisotopic (exact) mass is 141 g/mol. The maximum Gasteiger partial charge on any atom is 0.0410 e. The SMILES string of the molecule is NC12CNCC(CNC1)C2. The molecular formula is C7H15N3. The quantitative estimate of drug-likeness (QED) is 0.401. The number of rotatable bonds is 0. The lowest BCUT2D eigenvalue weighted by Crippen LogP contribution is -2.65. The normalized spacial score (nSPS) is 47.1. The zero-order valence-corrected chi connectivity index (χ0v) is 6.19. The first-order valence-electron chi connectivity index (χ1n) is 3.99. The van der Waals surface area contributed by atoms with E-state index in [9.17, 15) is 0 Å². The molecular weight excluding hydrogens is 126 g/mol. The third-order valence-electron chi connectivity index (χ3n) is 2.52. The number of hydrogen-bond donors (Lipinski definition) is 3. The Morgan fingerprint density at radius 1 is 1.20 bits per heavy atom. The summed E-state index contributed by atoms with van der Waals surface area (Å²) in [5, 5.41) is 6.72. The van der Waals surface area contributed by atoms with Gasteiger partial charge in [0.15, 0.2) is 0 Å². The largest absolute Gasteiger partial charge is 0.323 e. The Morgan fingerprint density at radius 3 is 2.20 bits per heavy atom. The lowest BCUT2D eigenvalue weighted by molar-refractivity contribution is 0.189. The summed E-state index contributed by atoms with van der Waals surface area (Å²) in [4.78, 5) is 0. The van der Waals surface area contributed by atoms with Crippen LogP contribution in [0.3, 0.4) is 0 Å². The molecule has 0 aliphatic carbocycles. The van der Waals surface area contributed by atoms with Gasteiger partial charge in [0.05, 0.1) is 0 Å². The summed E-state index contributed by atoms with van der Waals surface area (Å²) in [6.07, 6.45) is 1.20. The van der Waals surface area contributed by atoms with Gasteiger partial charge in [-0.3, -0.25) is 0 Å². The van der Waals surface area contributed by atoms with Gasteiger partial charge in [0.2, 0.25) is 0 Å². The van der Waals surface area contributed by atoms with Crippen molar-refractivity contribution in [3.63, 3.8) is 0 Å². The maximum atomic E-state index is 6.08. The smallest absolute Gasteiger partial charge is 0.0410 e. The first-order chi connectivity index (χ1) is 4.79. The molecule has 0 radical (unpaired) electrons. The summed E-state index contributed by atoms with van der Waals surface area (Å²) >= 11 is 0. The summed E-state index contributed by atoms with van der Waals surface area (Å²) in [6.45, 7) is 4.25. The lowest BCUT2D eigenvalue weighted by atomic mass is 9.81. The molecule has 2 heterocycles. The number of nitrogens with one attached hydrogen (secondary N) is 2. The molecule has 10 heavy (non-hydrogen) atoms. The van der Waals surface area contributed by atoms with Gasteiger partial charge in [-0.1, -0.05) is 0 Å². The fraction of sp³-hybridized carbons (Fsp3) is 1.00. The lowest BCUT2D eigenvalue weighted by Gasteiger charge is -2.43. The van der Waals surface area contributed by atoms with E-state index in [0.29, 0.717) is 0 Å². The van der Waals surface area contributed by atoms with E-state index in [2.05, 4.69) is 10.6 Å². The molecule has 2 aliphatic heterocycles. The standard InChI is InChI=1S/C7H15N3/c8-7-1-6(2-9-4-7)3-10-5-7/h6,9-10H,1-5,8H2. The van der Waals surface area contributed by atoms with Crippen molar-refractivity contribution in [3.05, 3.63) is 0 Å². The van der Waals surface area contributed by atoms with Gasteiger partial charge in [-0.15, -0.1) is 0 Å². The first kappa shape index (κ1) is 6.58. The highest BCUT2D eigenvalue weighted by Crippen LogP contribution is 2.20. The Hall–Kier alpha value is -0.120. The van der Waals surface area contributed by atoms with Gasteiger partial charge in [-0.05, 0) is 25.4 Å². The van der Waals surface area contributed by atoms with Gasteiger partial charge < -0.3 is 16.4 Å². The Labute approximate surface area is 61.4 Å². The second-order valence-electron chi connectivity index (χ2n) is 3.69. The molecule has 2 rings (SSSR count). The van der Waals surface area contributed by atoms with Crippen molar-refractivity contribution in [3.8, 4) is 0 Å². The third-order valence-corrected chi connectivity index (χ3v) is 2.52. The number of hydrogen-bond acceptors (Lipinski definition) is 3. The fourth-order valence-corrected chi connectivity index (χ4v) is 2.05. The molecule has 2 fully saturated rings. The average Bonchev–Trinajstić information content (AvgIpc) is 1.86. The molecule has 3 nitrogen and oxygen atoms in total. The molecule has 0 aromatic heterocycles. The fourth-order valence-electron chi connectivity index (χ4n) is 2.05. The van der Waals surface area contributed by atoms with Crippen molar-refractivity contribution in [1.29, 1.82) is 0 Å². The van der Waals surface area contributed by atoms with Crippen molar-refractivity contribution < 1.29 is 0 Å². The van der Waals surface area contributed by atoms with Crippen molar-refractivity contribution in [2.24, 2.45) is 11.7 Å². The molecule has 0 unspecified atom stereocenters. The van der Waals surface area contributed by atoms with E-state index in [1.807, 2.05) is 0 Å². The minimum Gasteiger partial charge on any atom is -0.323 e. The molecule has 0 amide bonds. The van der Waals surface area contributed by atoms with E-state index in [0.717, 1.165) is 32.1 Å². The Balaban J connectivity index is 2.07. The van der Waals surface area contributed by atoms with Crippen LogP contribution >= 0.6 is 0 Å². The van der Waals surface area contributed by atoms with Gasteiger partial charge in [-0.2, -0.15) is 0 Å². The van der Waals surface area contributed by atoms with Crippen LogP contribution in [0.15, 0.2) is 0 Å². The maximum absolute atomic E-state index is 6.08. The highest BCUT2D eigenvalue weighted by molar-refractivity contribution is 4.98. The predicted molar refractivity (Wildman–Crippen MR) is 40.8 cm³/mol. The Kier molecular flexibility index (Phi) is 1.44. The van der Waals surface area contributed by atoms with Crippen LogP contribution < -0.4 is 16.4 Å². The summed E-state index contributed by atoms with van der Waals surface area (Å²) in [5.74, 6) is 0.771. The molecule has 0 atom stereocenters. The molecule has 0 aromatic carbocycles. The topological polar surface area (TPSA) is 50.1 Å². The van der Waals surface area contributed by atoms with Gasteiger partial charge in [0, 0.05) is 18.6 Å². The summed E-state index contributed by atoms with van der Waals surface area (Å²) in [7, 11) is 0. The molecule has 2 aliphatic rings. The summed E-state index contributed by atoms with van der Waals surface area (Å²) in [6, 6.07) is 0. The Morgan fingerprint density at radius 2 is 1.80 bits per heavy atom. The van der Waals surface area contributed by atoms with Crippen molar-refractivity contribution in [2.75, 3.05) is 26.2 Å². The summed E-state index contributed by atoms with van der Waals surface area (Å²) < 4.78 is 0. The van der Waals surface area contributed by atoms with Crippen LogP contribution in [0.2, 0.25) is 0 Å². The van der Waals surface area contributed by atoms with Crippen LogP contribution in [0, 0.1) is 5.92 Å². The molecule has 3 heteroatoms. The van der Waals surface area contributed by atoms with E-state index in [1.54, 1.807) is 0 Å². The molecule has 58 valence electrons. The zero-order chi connectivity index (χ0) is 7.03. The number of fused-ring (bicyclic) bond motifs is 2. The zero-order valence-electron chi connectivity index (χ0n) is 6.19. The van der Waals surface area contributed by atoms with Gasteiger partial charge in [-0.25, -0.2) is 0 Å². The van der Waals surface area contributed by atoms with Gasteiger partial charge in [0.1, 0.15) is 0 Å². The highest BCUT2D eigenvalue weighted by Gasteiger charge is 2.35. The van der Waals surface area contributed by atoms with E-state index < -0.39 is 0 Å². The van der Waals surface area contributed by atoms with Crippen LogP contribution in [0.1, 0.15) is 6.42 Å². The molecule has 2 saturated heterocycles. The number of piperidine rings is 2. The molecule has 4 N–H and O–H groups in total. The molecule has 0 saturated carbocycles. The van der Waals surface area contributed by atoms with Gasteiger partial charge >= 0.3 is 0 Å². The van der Waals surface area contributed by atoms with Gasteiger partial charge in [0.25, 0.3) is 0 Å². The van der Waals surface area contributed by atoms with Crippen molar-refractivity contribution in [2.45, 2.75) is 12.0 Å². The van der Waals surface area contributed by atoms with Crippen LogP contribution in [0.25, 0.3) is 0 Å². The average molecular weight is 141 g/mol. The van der Waals surface area contributed by atoms with Crippen LogP contribution in [0.4, 0.5) is 0 Å². The van der Waals surface area contributed by atoms with E-state index >= 15 is 0 Å². The third kappa shape index (κ3) is 1.05. The first-order valence-corrected chi connectivity index (χ1v) is 3.99. The van der Waals surface area contributed by atoms with Crippen LogP contribution in [0.5, 0.6) is 0 Å². The molecule has 0 aromatic rings. The minimum absolute atomic E-state index is 0.0567. The number of nitrogens with two attached hydrogens (primary N) is 1. The highest BCUT2D eigenvalue weighted by atomic mass is 15.1. The Bertz CT molecular complexity index is 125.